The van der Waals surface area contributed by atoms with E-state index in [1.54, 1.807) is 30.3 Å². The third kappa shape index (κ3) is 3.34. The molecule has 0 unspecified atom stereocenters. The van der Waals surface area contributed by atoms with E-state index in [0.717, 1.165) is 0 Å². The van der Waals surface area contributed by atoms with Crippen LogP contribution in [0.15, 0.2) is 30.3 Å². The van der Waals surface area contributed by atoms with E-state index >= 15 is 0 Å². The Balaban J connectivity index is 1.60. The predicted molar refractivity (Wildman–Crippen MR) is 109 cm³/mol. The summed E-state index contributed by atoms with van der Waals surface area (Å²) < 4.78 is 17.3. The van der Waals surface area contributed by atoms with Crippen molar-refractivity contribution in [3.8, 4) is 5.75 Å². The zero-order valence-electron chi connectivity index (χ0n) is 14.5. The standard InChI is InChI=1S/C19H15Cl4NO4/c20-11-2-5-15(14(22)10-11)26-9-6-24-17-12(3-4-13(21)16(17)23)19(18(24)25)27-7-1-8-28-19/h2-5,10H,1,6-9H2. The normalized spacial score (nSPS) is 17.9. The van der Waals surface area contributed by atoms with E-state index in [0.29, 0.717) is 51.7 Å². The van der Waals surface area contributed by atoms with Gasteiger partial charge in [-0.25, -0.2) is 0 Å². The molecule has 0 radical (unpaired) electrons. The number of anilines is 1. The summed E-state index contributed by atoms with van der Waals surface area (Å²) in [5.41, 5.74) is 1.03. The third-order valence-electron chi connectivity index (χ3n) is 4.59. The molecule has 2 aliphatic rings. The highest BCUT2D eigenvalue weighted by atomic mass is 35.5. The van der Waals surface area contributed by atoms with Gasteiger partial charge in [0.05, 0.1) is 40.5 Å². The Morgan fingerprint density at radius 2 is 1.79 bits per heavy atom. The number of hydrogen-bond acceptors (Lipinski definition) is 4. The summed E-state index contributed by atoms with van der Waals surface area (Å²) >= 11 is 24.6. The number of carbonyl (C=O) groups excluding carboxylic acids is 1. The summed E-state index contributed by atoms with van der Waals surface area (Å²) in [5, 5.41) is 1.51. The van der Waals surface area contributed by atoms with Crippen LogP contribution in [0.2, 0.25) is 20.1 Å². The molecule has 4 rings (SSSR count). The summed E-state index contributed by atoms with van der Waals surface area (Å²) in [5.74, 6) is -1.37. The monoisotopic (exact) mass is 461 g/mol. The molecule has 2 aromatic rings. The predicted octanol–water partition coefficient (Wildman–Crippen LogP) is 5.32. The molecular weight excluding hydrogens is 448 g/mol. The number of fused-ring (bicyclic) bond motifs is 2. The second kappa shape index (κ2) is 7.90. The molecular formula is C19H15Cl4NO4. The molecule has 2 aliphatic heterocycles. The molecule has 2 heterocycles. The topological polar surface area (TPSA) is 48.0 Å². The van der Waals surface area contributed by atoms with Gasteiger partial charge in [-0.1, -0.05) is 46.4 Å². The Bertz CT molecular complexity index is 930. The van der Waals surface area contributed by atoms with Crippen LogP contribution in [-0.4, -0.2) is 32.3 Å². The molecule has 2 aromatic carbocycles. The Labute approximate surface area is 182 Å². The van der Waals surface area contributed by atoms with Gasteiger partial charge < -0.3 is 19.1 Å². The highest BCUT2D eigenvalue weighted by Gasteiger charge is 2.55. The number of amides is 1. The summed E-state index contributed by atoms with van der Waals surface area (Å²) in [6, 6.07) is 8.28. The summed E-state index contributed by atoms with van der Waals surface area (Å²) in [6.45, 7) is 1.21. The van der Waals surface area contributed by atoms with E-state index < -0.39 is 5.79 Å². The van der Waals surface area contributed by atoms with Gasteiger partial charge >= 0.3 is 0 Å². The zero-order valence-corrected chi connectivity index (χ0v) is 17.5. The Kier molecular flexibility index (Phi) is 5.67. The average molecular weight is 463 g/mol. The first kappa shape index (κ1) is 20.1. The fourth-order valence-corrected chi connectivity index (χ4v) is 4.21. The number of nitrogens with zero attached hydrogens (tertiary/aromatic N) is 1. The van der Waals surface area contributed by atoms with Gasteiger partial charge in [0.15, 0.2) is 0 Å². The number of halogens is 4. The quantitative estimate of drug-likeness (QED) is 0.617. The van der Waals surface area contributed by atoms with Gasteiger partial charge in [0.2, 0.25) is 0 Å². The molecule has 1 amide bonds. The fourth-order valence-electron chi connectivity index (χ4n) is 3.33. The summed E-state index contributed by atoms with van der Waals surface area (Å²) in [4.78, 5) is 14.7. The first-order valence-corrected chi connectivity index (χ1v) is 10.1. The minimum atomic E-state index is -1.49. The van der Waals surface area contributed by atoms with E-state index in [9.17, 15) is 4.79 Å². The van der Waals surface area contributed by atoms with Gasteiger partial charge in [0, 0.05) is 10.6 Å². The van der Waals surface area contributed by atoms with Gasteiger partial charge in [-0.05, 0) is 36.8 Å². The van der Waals surface area contributed by atoms with Crippen LogP contribution in [-0.2, 0) is 20.1 Å². The van der Waals surface area contributed by atoms with Crippen molar-refractivity contribution in [1.82, 2.24) is 0 Å². The lowest BCUT2D eigenvalue weighted by molar-refractivity contribution is -0.256. The molecule has 0 N–H and O–H groups in total. The van der Waals surface area contributed by atoms with E-state index in [1.165, 1.54) is 4.90 Å². The number of ether oxygens (including phenoxy) is 3. The molecule has 28 heavy (non-hydrogen) atoms. The molecule has 5 nitrogen and oxygen atoms in total. The average Bonchev–Trinajstić information content (AvgIpc) is 2.90. The molecule has 1 fully saturated rings. The van der Waals surface area contributed by atoms with Crippen LogP contribution >= 0.6 is 46.4 Å². The van der Waals surface area contributed by atoms with Crippen LogP contribution in [0.3, 0.4) is 0 Å². The lowest BCUT2D eigenvalue weighted by Crippen LogP contribution is -2.48. The maximum atomic E-state index is 13.2. The van der Waals surface area contributed by atoms with E-state index in [4.69, 9.17) is 60.6 Å². The van der Waals surface area contributed by atoms with Crippen molar-refractivity contribution in [2.45, 2.75) is 12.2 Å². The van der Waals surface area contributed by atoms with Gasteiger partial charge in [-0.2, -0.15) is 0 Å². The Hall–Kier alpha value is -1.21. The molecule has 0 aromatic heterocycles. The van der Waals surface area contributed by atoms with Gasteiger partial charge in [0.25, 0.3) is 11.7 Å². The van der Waals surface area contributed by atoms with Gasteiger partial charge in [-0.3, -0.25) is 4.79 Å². The second-order valence-corrected chi connectivity index (χ2v) is 7.93. The van der Waals surface area contributed by atoms with E-state index in [-0.39, 0.29) is 24.1 Å². The highest BCUT2D eigenvalue weighted by Crippen LogP contribution is 2.50. The van der Waals surface area contributed by atoms with Crippen LogP contribution in [0.25, 0.3) is 0 Å². The molecule has 0 atom stereocenters. The van der Waals surface area contributed by atoms with Gasteiger partial charge in [-0.15, -0.1) is 0 Å². The first-order valence-electron chi connectivity index (χ1n) is 8.60. The summed E-state index contributed by atoms with van der Waals surface area (Å²) in [6.07, 6.45) is 0.712. The maximum absolute atomic E-state index is 13.2. The second-order valence-electron chi connectivity index (χ2n) is 6.30. The molecule has 1 saturated heterocycles. The smallest absolute Gasteiger partial charge is 0.292 e. The largest absolute Gasteiger partial charge is 0.490 e. The number of carbonyl (C=O) groups is 1. The molecule has 0 aliphatic carbocycles. The van der Waals surface area contributed by atoms with Crippen molar-refractivity contribution in [2.24, 2.45) is 0 Å². The van der Waals surface area contributed by atoms with Crippen molar-refractivity contribution in [3.05, 3.63) is 56.0 Å². The molecule has 0 bridgehead atoms. The maximum Gasteiger partial charge on any atom is 0.292 e. The summed E-state index contributed by atoms with van der Waals surface area (Å²) in [7, 11) is 0. The van der Waals surface area contributed by atoms with Crippen molar-refractivity contribution >= 4 is 58.0 Å². The minimum Gasteiger partial charge on any atom is -0.490 e. The van der Waals surface area contributed by atoms with Crippen molar-refractivity contribution in [3.63, 3.8) is 0 Å². The number of hydrogen-bond donors (Lipinski definition) is 0. The molecule has 9 heteroatoms. The van der Waals surface area contributed by atoms with Crippen molar-refractivity contribution in [2.75, 3.05) is 31.3 Å². The molecule has 1 spiro atoms. The number of benzene rings is 2. The number of rotatable bonds is 4. The Morgan fingerprint density at radius 3 is 2.50 bits per heavy atom. The van der Waals surface area contributed by atoms with Crippen LogP contribution in [0.1, 0.15) is 12.0 Å². The van der Waals surface area contributed by atoms with E-state index in [1.807, 2.05) is 0 Å². The fraction of sp³-hybridized carbons (Fsp3) is 0.316. The van der Waals surface area contributed by atoms with Crippen LogP contribution in [0.5, 0.6) is 5.75 Å². The zero-order chi connectivity index (χ0) is 19.9. The third-order valence-corrected chi connectivity index (χ3v) is 5.91. The first-order chi connectivity index (χ1) is 13.4. The highest BCUT2D eigenvalue weighted by molar-refractivity contribution is 6.44. The van der Waals surface area contributed by atoms with E-state index in [2.05, 4.69) is 0 Å². The Morgan fingerprint density at radius 1 is 1.04 bits per heavy atom. The van der Waals surface area contributed by atoms with Crippen molar-refractivity contribution in [1.29, 1.82) is 0 Å². The molecule has 0 saturated carbocycles. The SMILES string of the molecule is O=C1N(CCOc2ccc(Cl)cc2Cl)c2c(ccc(Cl)c2Cl)C12OCCCO2. The van der Waals surface area contributed by atoms with Crippen LogP contribution in [0.4, 0.5) is 5.69 Å². The lowest BCUT2D eigenvalue weighted by atomic mass is 10.1. The minimum absolute atomic E-state index is 0.172. The van der Waals surface area contributed by atoms with Gasteiger partial charge in [0.1, 0.15) is 12.4 Å². The van der Waals surface area contributed by atoms with Crippen molar-refractivity contribution < 1.29 is 19.0 Å². The van der Waals surface area contributed by atoms with Crippen LogP contribution < -0.4 is 9.64 Å². The van der Waals surface area contributed by atoms with Crippen LogP contribution in [0, 0.1) is 0 Å². The lowest BCUT2D eigenvalue weighted by Gasteiger charge is -2.32. The molecule has 148 valence electrons.